The molecule has 2 aromatic rings. The van der Waals surface area contributed by atoms with Crippen molar-refractivity contribution in [1.29, 1.82) is 0 Å². The van der Waals surface area contributed by atoms with Crippen LogP contribution < -0.4 is 0 Å². The van der Waals surface area contributed by atoms with Gasteiger partial charge in [-0.1, -0.05) is 23.7 Å². The van der Waals surface area contributed by atoms with Crippen LogP contribution in [0.2, 0.25) is 5.02 Å². The van der Waals surface area contributed by atoms with Crippen LogP contribution in [-0.2, 0) is 0 Å². The average molecular weight is 273 g/mol. The van der Waals surface area contributed by atoms with Gasteiger partial charge in [0, 0.05) is 11.6 Å². The Balaban J connectivity index is 2.47. The largest absolute Gasteiger partial charge is 0.384 e. The van der Waals surface area contributed by atoms with Crippen LogP contribution in [0.3, 0.4) is 0 Å². The highest BCUT2D eigenvalue weighted by Crippen LogP contribution is 2.30. The fraction of sp³-hybridized carbons (Fsp3) is 0.0769. The normalized spacial score (nSPS) is 12.5. The Kier molecular flexibility index (Phi) is 3.59. The van der Waals surface area contributed by atoms with Crippen LogP contribution in [0, 0.1) is 17.5 Å². The first kappa shape index (κ1) is 12.9. The summed E-state index contributed by atoms with van der Waals surface area (Å²) >= 11 is 5.70. The van der Waals surface area contributed by atoms with Crippen molar-refractivity contribution >= 4 is 11.6 Å². The maximum atomic E-state index is 13.2. The summed E-state index contributed by atoms with van der Waals surface area (Å²) in [6, 6.07) is 6.49. The molecular formula is C13H8ClF3O. The quantitative estimate of drug-likeness (QED) is 0.881. The Bertz CT molecular complexity index is 566. The fourth-order valence-electron chi connectivity index (χ4n) is 1.64. The molecule has 0 aliphatic rings. The lowest BCUT2D eigenvalue weighted by atomic mass is 10.0. The molecule has 0 fully saturated rings. The number of aliphatic hydroxyl groups excluding tert-OH is 1. The van der Waals surface area contributed by atoms with Crippen molar-refractivity contribution in [3.05, 3.63) is 70.0 Å². The molecule has 0 aliphatic carbocycles. The molecule has 2 aromatic carbocycles. The Hall–Kier alpha value is -1.52. The van der Waals surface area contributed by atoms with Gasteiger partial charge in [0.1, 0.15) is 23.6 Å². The molecule has 94 valence electrons. The number of hydrogen-bond acceptors (Lipinski definition) is 1. The van der Waals surface area contributed by atoms with Gasteiger partial charge in [0.2, 0.25) is 0 Å². The zero-order chi connectivity index (χ0) is 13.3. The van der Waals surface area contributed by atoms with Crippen LogP contribution in [0.4, 0.5) is 13.2 Å². The standard InChI is InChI=1S/C13H8ClF3O/c14-12-10(2-1-3-11(12)17)13(18)7-4-8(15)6-9(16)5-7/h1-6,13,18H. The maximum absolute atomic E-state index is 13.2. The highest BCUT2D eigenvalue weighted by molar-refractivity contribution is 6.31. The van der Waals surface area contributed by atoms with E-state index in [1.807, 2.05) is 0 Å². The van der Waals surface area contributed by atoms with Crippen molar-refractivity contribution in [2.45, 2.75) is 6.10 Å². The molecule has 0 bridgehead atoms. The minimum atomic E-state index is -1.39. The third-order valence-corrected chi connectivity index (χ3v) is 2.88. The van der Waals surface area contributed by atoms with Crippen LogP contribution >= 0.6 is 11.6 Å². The minimum Gasteiger partial charge on any atom is -0.384 e. The monoisotopic (exact) mass is 272 g/mol. The predicted octanol–water partition coefficient (Wildman–Crippen LogP) is 3.84. The fourth-order valence-corrected chi connectivity index (χ4v) is 1.87. The van der Waals surface area contributed by atoms with Gasteiger partial charge >= 0.3 is 0 Å². The Morgan fingerprint density at radius 2 is 1.61 bits per heavy atom. The molecule has 0 heterocycles. The average Bonchev–Trinajstić information content (AvgIpc) is 2.30. The first-order valence-corrected chi connectivity index (χ1v) is 5.45. The van der Waals surface area contributed by atoms with Gasteiger partial charge in [-0.05, 0) is 23.8 Å². The molecule has 1 atom stereocenters. The molecule has 0 amide bonds. The van der Waals surface area contributed by atoms with Crippen molar-refractivity contribution < 1.29 is 18.3 Å². The number of hydrogen-bond donors (Lipinski definition) is 1. The summed E-state index contributed by atoms with van der Waals surface area (Å²) in [6.07, 6.45) is -1.39. The zero-order valence-electron chi connectivity index (χ0n) is 9.00. The summed E-state index contributed by atoms with van der Waals surface area (Å²) in [5, 5.41) is 9.69. The summed E-state index contributed by atoms with van der Waals surface area (Å²) in [6.45, 7) is 0. The van der Waals surface area contributed by atoms with Gasteiger partial charge in [0.15, 0.2) is 0 Å². The van der Waals surface area contributed by atoms with Gasteiger partial charge in [-0.3, -0.25) is 0 Å². The van der Waals surface area contributed by atoms with E-state index in [1.54, 1.807) is 0 Å². The van der Waals surface area contributed by atoms with Gasteiger partial charge in [-0.25, -0.2) is 13.2 Å². The summed E-state index contributed by atoms with van der Waals surface area (Å²) < 4.78 is 39.3. The van der Waals surface area contributed by atoms with E-state index < -0.39 is 23.6 Å². The van der Waals surface area contributed by atoms with Crippen molar-refractivity contribution in [1.82, 2.24) is 0 Å². The second-order valence-corrected chi connectivity index (χ2v) is 4.13. The van der Waals surface area contributed by atoms with Gasteiger partial charge in [0.05, 0.1) is 5.02 Å². The first-order valence-electron chi connectivity index (χ1n) is 5.07. The molecule has 1 N–H and O–H groups in total. The van der Waals surface area contributed by atoms with E-state index in [-0.39, 0.29) is 16.1 Å². The van der Waals surface area contributed by atoms with Gasteiger partial charge in [-0.2, -0.15) is 0 Å². The van der Waals surface area contributed by atoms with Crippen LogP contribution in [0.15, 0.2) is 36.4 Å². The second-order valence-electron chi connectivity index (χ2n) is 3.75. The molecule has 0 saturated carbocycles. The van der Waals surface area contributed by atoms with E-state index in [0.717, 1.165) is 18.2 Å². The van der Waals surface area contributed by atoms with Crippen molar-refractivity contribution in [3.63, 3.8) is 0 Å². The first-order chi connectivity index (χ1) is 8.49. The van der Waals surface area contributed by atoms with E-state index in [9.17, 15) is 18.3 Å². The van der Waals surface area contributed by atoms with Gasteiger partial charge in [0.25, 0.3) is 0 Å². The smallest absolute Gasteiger partial charge is 0.142 e. The number of rotatable bonds is 2. The molecule has 0 aliphatic heterocycles. The van der Waals surface area contributed by atoms with Gasteiger partial charge in [-0.15, -0.1) is 0 Å². The van der Waals surface area contributed by atoms with Crippen LogP contribution in [0.25, 0.3) is 0 Å². The highest BCUT2D eigenvalue weighted by atomic mass is 35.5. The van der Waals surface area contributed by atoms with Crippen molar-refractivity contribution in [2.24, 2.45) is 0 Å². The van der Waals surface area contributed by atoms with E-state index in [0.29, 0.717) is 6.07 Å². The van der Waals surface area contributed by atoms with E-state index in [1.165, 1.54) is 12.1 Å². The molecule has 18 heavy (non-hydrogen) atoms. The molecule has 0 radical (unpaired) electrons. The summed E-state index contributed by atoms with van der Waals surface area (Å²) in [7, 11) is 0. The Morgan fingerprint density at radius 1 is 1.00 bits per heavy atom. The maximum Gasteiger partial charge on any atom is 0.142 e. The second kappa shape index (κ2) is 5.00. The summed E-state index contributed by atoms with van der Waals surface area (Å²) in [5.41, 5.74) is 0.0293. The molecule has 0 saturated heterocycles. The number of halogens is 4. The molecular weight excluding hydrogens is 265 g/mol. The summed E-state index contributed by atoms with van der Waals surface area (Å²) in [5.74, 6) is -2.35. The third kappa shape index (κ3) is 2.49. The summed E-state index contributed by atoms with van der Waals surface area (Å²) in [4.78, 5) is 0. The molecule has 5 heteroatoms. The lowest BCUT2D eigenvalue weighted by Gasteiger charge is -2.13. The van der Waals surface area contributed by atoms with Crippen molar-refractivity contribution in [2.75, 3.05) is 0 Å². The lowest BCUT2D eigenvalue weighted by Crippen LogP contribution is -2.02. The molecule has 2 rings (SSSR count). The topological polar surface area (TPSA) is 20.2 Å². The molecule has 1 nitrogen and oxygen atoms in total. The van der Waals surface area contributed by atoms with Gasteiger partial charge < -0.3 is 5.11 Å². The number of aliphatic hydroxyl groups is 1. The molecule has 1 unspecified atom stereocenters. The third-order valence-electron chi connectivity index (χ3n) is 2.48. The van der Waals surface area contributed by atoms with E-state index >= 15 is 0 Å². The minimum absolute atomic E-state index is 0.0278. The van der Waals surface area contributed by atoms with Crippen LogP contribution in [0.5, 0.6) is 0 Å². The Labute approximate surface area is 106 Å². The lowest BCUT2D eigenvalue weighted by molar-refractivity contribution is 0.219. The Morgan fingerprint density at radius 3 is 2.22 bits per heavy atom. The van der Waals surface area contributed by atoms with E-state index in [4.69, 9.17) is 11.6 Å². The van der Waals surface area contributed by atoms with E-state index in [2.05, 4.69) is 0 Å². The molecule has 0 spiro atoms. The molecule has 0 aromatic heterocycles. The SMILES string of the molecule is OC(c1cc(F)cc(F)c1)c1cccc(F)c1Cl. The van der Waals surface area contributed by atoms with Crippen molar-refractivity contribution in [3.8, 4) is 0 Å². The van der Waals surface area contributed by atoms with Crippen LogP contribution in [0.1, 0.15) is 17.2 Å². The number of benzene rings is 2. The zero-order valence-corrected chi connectivity index (χ0v) is 9.76. The van der Waals surface area contributed by atoms with Crippen LogP contribution in [-0.4, -0.2) is 5.11 Å². The highest BCUT2D eigenvalue weighted by Gasteiger charge is 2.17. The predicted molar refractivity (Wildman–Crippen MR) is 61.8 cm³/mol.